The van der Waals surface area contributed by atoms with Gasteiger partial charge in [-0.3, -0.25) is 4.79 Å². The highest BCUT2D eigenvalue weighted by Crippen LogP contribution is 2.27. The summed E-state index contributed by atoms with van der Waals surface area (Å²) in [6, 6.07) is -0.422. The Bertz CT molecular complexity index is 319. The fourth-order valence-corrected chi connectivity index (χ4v) is 2.80. The van der Waals surface area contributed by atoms with Gasteiger partial charge in [0.05, 0.1) is 11.4 Å². The van der Waals surface area contributed by atoms with E-state index in [1.807, 2.05) is 20.8 Å². The van der Waals surface area contributed by atoms with Gasteiger partial charge in [0.25, 0.3) is 0 Å². The van der Waals surface area contributed by atoms with Crippen molar-refractivity contribution in [3.8, 4) is 0 Å². The molecule has 1 aliphatic carbocycles. The Morgan fingerprint density at radius 3 is 2.32 bits per heavy atom. The van der Waals surface area contributed by atoms with Crippen molar-refractivity contribution in [1.82, 2.24) is 5.32 Å². The van der Waals surface area contributed by atoms with Crippen LogP contribution in [0, 0.1) is 5.92 Å². The number of ketones is 1. The predicted molar refractivity (Wildman–Crippen MR) is 78.5 cm³/mol. The number of Topliss-reactive ketones (excluding diaryl/α,β-unsaturated/α-hetero) is 1. The van der Waals surface area contributed by atoms with E-state index in [0.717, 1.165) is 25.7 Å². The number of halogens is 1. The van der Waals surface area contributed by atoms with Gasteiger partial charge in [-0.1, -0.05) is 35.2 Å². The van der Waals surface area contributed by atoms with Crippen molar-refractivity contribution in [3.05, 3.63) is 0 Å². The second-order valence-corrected chi connectivity index (χ2v) is 6.68. The Morgan fingerprint density at radius 1 is 1.26 bits per heavy atom. The largest absolute Gasteiger partial charge is 0.444 e. The molecule has 0 spiro atoms. The average molecular weight is 334 g/mol. The molecule has 0 aromatic rings. The molecule has 1 rings (SSSR count). The standard InChI is InChI=1S/C14H24BrNO3/c1-14(2,3)19-13(18)16-12(11(17)9-15)10-7-5-4-6-8-10/h10,12H,4-9H2,1-3H3,(H,16,18). The Kier molecular flexibility index (Phi) is 6.30. The molecule has 1 N–H and O–H groups in total. The molecular formula is C14H24BrNO3. The number of alkyl carbamates (subject to hydrolysis) is 1. The first kappa shape index (κ1) is 16.5. The second-order valence-electron chi connectivity index (χ2n) is 6.12. The van der Waals surface area contributed by atoms with Gasteiger partial charge < -0.3 is 10.1 Å². The summed E-state index contributed by atoms with van der Waals surface area (Å²) in [7, 11) is 0. The van der Waals surface area contributed by atoms with Crippen LogP contribution >= 0.6 is 15.9 Å². The Hall–Kier alpha value is -0.580. The van der Waals surface area contributed by atoms with E-state index in [1.165, 1.54) is 6.42 Å². The molecule has 110 valence electrons. The van der Waals surface area contributed by atoms with E-state index in [4.69, 9.17) is 4.74 Å². The maximum atomic E-state index is 12.0. The number of hydrogen-bond donors (Lipinski definition) is 1. The topological polar surface area (TPSA) is 55.4 Å². The van der Waals surface area contributed by atoms with Crippen molar-refractivity contribution < 1.29 is 14.3 Å². The summed E-state index contributed by atoms with van der Waals surface area (Å²) in [5.74, 6) is 0.268. The predicted octanol–water partition coefficient (Wildman–Crippen LogP) is 3.42. The number of hydrogen-bond acceptors (Lipinski definition) is 3. The van der Waals surface area contributed by atoms with Crippen molar-refractivity contribution in [1.29, 1.82) is 0 Å². The van der Waals surface area contributed by atoms with Crippen LogP contribution in [0.25, 0.3) is 0 Å². The van der Waals surface area contributed by atoms with Gasteiger partial charge >= 0.3 is 6.09 Å². The number of carbonyl (C=O) groups excluding carboxylic acids is 2. The normalized spacial score (nSPS) is 18.7. The van der Waals surface area contributed by atoms with E-state index in [1.54, 1.807) is 0 Å². The molecule has 1 aliphatic rings. The monoisotopic (exact) mass is 333 g/mol. The van der Waals surface area contributed by atoms with Crippen molar-refractivity contribution in [3.63, 3.8) is 0 Å². The first-order valence-electron chi connectivity index (χ1n) is 6.91. The molecule has 0 aromatic heterocycles. The number of rotatable bonds is 4. The summed E-state index contributed by atoms with van der Waals surface area (Å²) in [6.45, 7) is 5.44. The van der Waals surface area contributed by atoms with Gasteiger partial charge in [0.15, 0.2) is 5.78 Å². The van der Waals surface area contributed by atoms with Gasteiger partial charge in [0, 0.05) is 0 Å². The SMILES string of the molecule is CC(C)(C)OC(=O)NC(C(=O)CBr)C1CCCCC1. The first-order chi connectivity index (χ1) is 8.83. The minimum atomic E-state index is -0.543. The van der Waals surface area contributed by atoms with Crippen molar-refractivity contribution in [2.24, 2.45) is 5.92 Å². The number of ether oxygens (including phenoxy) is 1. The quantitative estimate of drug-likeness (QED) is 0.802. The number of alkyl halides is 1. The molecule has 0 saturated heterocycles. The van der Waals surface area contributed by atoms with E-state index < -0.39 is 17.7 Å². The molecule has 1 unspecified atom stereocenters. The third-order valence-electron chi connectivity index (χ3n) is 3.27. The molecule has 0 radical (unpaired) electrons. The van der Waals surface area contributed by atoms with Crippen LogP contribution in [-0.4, -0.2) is 28.8 Å². The van der Waals surface area contributed by atoms with E-state index in [0.29, 0.717) is 0 Å². The highest BCUT2D eigenvalue weighted by molar-refractivity contribution is 9.09. The summed E-state index contributed by atoms with van der Waals surface area (Å²) in [5, 5.41) is 3.02. The molecular weight excluding hydrogens is 310 g/mol. The maximum Gasteiger partial charge on any atom is 0.408 e. The molecule has 0 aromatic carbocycles. The molecule has 5 heteroatoms. The lowest BCUT2D eigenvalue weighted by atomic mass is 9.82. The van der Waals surface area contributed by atoms with E-state index in [2.05, 4.69) is 21.2 Å². The van der Waals surface area contributed by atoms with Crippen LogP contribution in [0.1, 0.15) is 52.9 Å². The van der Waals surface area contributed by atoms with Gasteiger partial charge in [-0.15, -0.1) is 0 Å². The van der Waals surface area contributed by atoms with Gasteiger partial charge in [0.2, 0.25) is 0 Å². The lowest BCUT2D eigenvalue weighted by molar-refractivity contribution is -0.120. The summed E-state index contributed by atoms with van der Waals surface area (Å²) < 4.78 is 5.24. The van der Waals surface area contributed by atoms with E-state index in [9.17, 15) is 9.59 Å². The number of nitrogens with one attached hydrogen (secondary N) is 1. The molecule has 4 nitrogen and oxygen atoms in total. The van der Waals surface area contributed by atoms with Crippen LogP contribution in [0.15, 0.2) is 0 Å². The number of carbonyl (C=O) groups is 2. The van der Waals surface area contributed by atoms with Gasteiger partial charge in [-0.2, -0.15) is 0 Å². The zero-order valence-corrected chi connectivity index (χ0v) is 13.6. The third kappa shape index (κ3) is 5.93. The van der Waals surface area contributed by atoms with Crippen LogP contribution in [0.2, 0.25) is 0 Å². The van der Waals surface area contributed by atoms with Crippen molar-refractivity contribution in [2.45, 2.75) is 64.5 Å². The lowest BCUT2D eigenvalue weighted by Gasteiger charge is -2.30. The summed E-state index contributed by atoms with van der Waals surface area (Å²) >= 11 is 3.19. The minimum absolute atomic E-state index is 0.0257. The Morgan fingerprint density at radius 2 is 1.84 bits per heavy atom. The van der Waals surface area contributed by atoms with Crippen LogP contribution in [-0.2, 0) is 9.53 Å². The molecule has 1 fully saturated rings. The summed E-state index contributed by atoms with van der Waals surface area (Å²) in [4.78, 5) is 23.8. The fourth-order valence-electron chi connectivity index (χ4n) is 2.45. The molecule has 1 atom stereocenters. The Balaban J connectivity index is 2.64. The Labute approximate surface area is 123 Å². The summed E-state index contributed by atoms with van der Waals surface area (Å²) in [5.41, 5.74) is -0.543. The number of amides is 1. The van der Waals surface area contributed by atoms with Gasteiger partial charge in [-0.05, 0) is 39.5 Å². The molecule has 19 heavy (non-hydrogen) atoms. The zero-order chi connectivity index (χ0) is 14.5. The van der Waals surface area contributed by atoms with Crippen molar-refractivity contribution in [2.75, 3.05) is 5.33 Å². The van der Waals surface area contributed by atoms with E-state index >= 15 is 0 Å². The smallest absolute Gasteiger partial charge is 0.408 e. The van der Waals surface area contributed by atoms with Gasteiger partial charge in [0.1, 0.15) is 5.60 Å². The van der Waals surface area contributed by atoms with Crippen LogP contribution in [0.3, 0.4) is 0 Å². The fraction of sp³-hybridized carbons (Fsp3) is 0.857. The highest BCUT2D eigenvalue weighted by Gasteiger charge is 2.31. The van der Waals surface area contributed by atoms with Crippen LogP contribution < -0.4 is 5.32 Å². The molecule has 1 amide bonds. The van der Waals surface area contributed by atoms with Crippen LogP contribution in [0.4, 0.5) is 4.79 Å². The zero-order valence-electron chi connectivity index (χ0n) is 12.0. The summed E-state index contributed by atoms with van der Waals surface area (Å²) in [6.07, 6.45) is 4.98. The molecule has 0 aliphatic heterocycles. The average Bonchev–Trinajstić information content (AvgIpc) is 2.34. The van der Waals surface area contributed by atoms with E-state index in [-0.39, 0.29) is 17.0 Å². The van der Waals surface area contributed by atoms with Crippen LogP contribution in [0.5, 0.6) is 0 Å². The van der Waals surface area contributed by atoms with Gasteiger partial charge in [-0.25, -0.2) is 4.79 Å². The highest BCUT2D eigenvalue weighted by atomic mass is 79.9. The first-order valence-corrected chi connectivity index (χ1v) is 8.04. The molecule has 1 saturated carbocycles. The molecule has 0 bridgehead atoms. The lowest BCUT2D eigenvalue weighted by Crippen LogP contribution is -2.48. The minimum Gasteiger partial charge on any atom is -0.444 e. The third-order valence-corrected chi connectivity index (χ3v) is 3.82. The van der Waals surface area contributed by atoms with Crippen molar-refractivity contribution >= 4 is 27.8 Å². The molecule has 0 heterocycles. The maximum absolute atomic E-state index is 12.0. The second kappa shape index (κ2) is 7.27.